The van der Waals surface area contributed by atoms with Crippen LogP contribution in [0.1, 0.15) is 24.2 Å². The number of likely N-dealkylation sites (N-methyl/N-ethyl adjacent to an activating group) is 1. The minimum absolute atomic E-state index is 0.0306. The zero-order chi connectivity index (χ0) is 16.0. The normalized spacial score (nSPS) is 10.0. The van der Waals surface area contributed by atoms with Crippen LogP contribution in [-0.4, -0.2) is 41.3 Å². The van der Waals surface area contributed by atoms with Crippen molar-refractivity contribution in [2.75, 3.05) is 19.6 Å². The summed E-state index contributed by atoms with van der Waals surface area (Å²) in [4.78, 5) is 35.2. The lowest BCUT2D eigenvalue weighted by atomic mass is 10.2. The molecule has 7 nitrogen and oxygen atoms in total. The van der Waals surface area contributed by atoms with Gasteiger partial charge in [-0.05, 0) is 19.9 Å². The third-order valence-corrected chi connectivity index (χ3v) is 3.24. The van der Waals surface area contributed by atoms with Gasteiger partial charge in [0.05, 0.1) is 22.1 Å². The van der Waals surface area contributed by atoms with Gasteiger partial charge in [0, 0.05) is 25.2 Å². The molecule has 1 aromatic carbocycles. The van der Waals surface area contributed by atoms with E-state index in [4.69, 9.17) is 11.6 Å². The monoisotopic (exact) mass is 313 g/mol. The van der Waals surface area contributed by atoms with Crippen LogP contribution in [0.5, 0.6) is 0 Å². The molecule has 21 heavy (non-hydrogen) atoms. The number of hydrogen-bond acceptors (Lipinski definition) is 4. The zero-order valence-electron chi connectivity index (χ0n) is 11.8. The number of benzene rings is 1. The highest BCUT2D eigenvalue weighted by Crippen LogP contribution is 2.22. The summed E-state index contributed by atoms with van der Waals surface area (Å²) in [5.74, 6) is -0.748. The number of amides is 2. The van der Waals surface area contributed by atoms with E-state index in [0.29, 0.717) is 13.1 Å². The highest BCUT2D eigenvalue weighted by molar-refractivity contribution is 6.34. The van der Waals surface area contributed by atoms with Gasteiger partial charge in [-0.1, -0.05) is 11.6 Å². The molecule has 1 N–H and O–H groups in total. The van der Waals surface area contributed by atoms with E-state index in [-0.39, 0.29) is 28.7 Å². The molecule has 0 aliphatic carbocycles. The average molecular weight is 314 g/mol. The molecule has 0 unspecified atom stereocenters. The van der Waals surface area contributed by atoms with Crippen molar-refractivity contribution in [1.82, 2.24) is 10.2 Å². The summed E-state index contributed by atoms with van der Waals surface area (Å²) >= 11 is 5.84. The van der Waals surface area contributed by atoms with Gasteiger partial charge in [-0.15, -0.1) is 0 Å². The fraction of sp³-hybridized carbons (Fsp3) is 0.385. The molecule has 0 saturated carbocycles. The van der Waals surface area contributed by atoms with Gasteiger partial charge in [0.1, 0.15) is 0 Å². The van der Waals surface area contributed by atoms with Gasteiger partial charge in [0.2, 0.25) is 5.91 Å². The summed E-state index contributed by atoms with van der Waals surface area (Å²) in [6.07, 6.45) is 0. The molecular weight excluding hydrogens is 298 g/mol. The quantitative estimate of drug-likeness (QED) is 0.640. The minimum atomic E-state index is -0.600. The maximum atomic E-state index is 11.9. The predicted octanol–water partition coefficient (Wildman–Crippen LogP) is 1.85. The SMILES string of the molecule is CCN(CC)C(=O)CNC(=O)c1ccc([N+](=O)[O-])cc1Cl. The van der Waals surface area contributed by atoms with E-state index < -0.39 is 10.8 Å². The number of halogens is 1. The van der Waals surface area contributed by atoms with E-state index in [1.165, 1.54) is 12.1 Å². The van der Waals surface area contributed by atoms with Crippen molar-refractivity contribution in [1.29, 1.82) is 0 Å². The molecule has 0 atom stereocenters. The molecule has 0 bridgehead atoms. The zero-order valence-corrected chi connectivity index (χ0v) is 12.5. The first-order valence-electron chi connectivity index (χ1n) is 6.40. The molecule has 0 aliphatic rings. The highest BCUT2D eigenvalue weighted by atomic mass is 35.5. The van der Waals surface area contributed by atoms with Gasteiger partial charge in [-0.25, -0.2) is 0 Å². The molecule has 1 rings (SSSR count). The van der Waals surface area contributed by atoms with Crippen molar-refractivity contribution < 1.29 is 14.5 Å². The molecule has 1 aromatic rings. The minimum Gasteiger partial charge on any atom is -0.343 e. The van der Waals surface area contributed by atoms with Crippen LogP contribution in [0.2, 0.25) is 5.02 Å². The maximum Gasteiger partial charge on any atom is 0.270 e. The summed E-state index contributed by atoms with van der Waals surface area (Å²) in [7, 11) is 0. The van der Waals surface area contributed by atoms with Crippen LogP contribution in [0, 0.1) is 10.1 Å². The summed E-state index contributed by atoms with van der Waals surface area (Å²) in [6, 6.07) is 3.55. The summed E-state index contributed by atoms with van der Waals surface area (Å²) in [5, 5.41) is 13.0. The number of nitro groups is 1. The van der Waals surface area contributed by atoms with Gasteiger partial charge in [0.25, 0.3) is 11.6 Å². The Morgan fingerprint density at radius 2 is 1.95 bits per heavy atom. The number of nitrogens with one attached hydrogen (secondary N) is 1. The smallest absolute Gasteiger partial charge is 0.270 e. The maximum absolute atomic E-state index is 11.9. The third kappa shape index (κ3) is 4.42. The fourth-order valence-corrected chi connectivity index (χ4v) is 2.00. The van der Waals surface area contributed by atoms with Crippen LogP contribution in [0.25, 0.3) is 0 Å². The van der Waals surface area contributed by atoms with Crippen LogP contribution < -0.4 is 5.32 Å². The molecule has 0 saturated heterocycles. The first-order chi connectivity index (χ1) is 9.90. The van der Waals surface area contributed by atoms with E-state index in [9.17, 15) is 19.7 Å². The first kappa shape index (κ1) is 16.9. The average Bonchev–Trinajstić information content (AvgIpc) is 2.45. The number of carbonyl (C=O) groups is 2. The second kappa shape index (κ2) is 7.58. The van der Waals surface area contributed by atoms with Crippen molar-refractivity contribution in [3.05, 3.63) is 38.9 Å². The van der Waals surface area contributed by atoms with Crippen LogP contribution in [0.3, 0.4) is 0 Å². The molecule has 0 fully saturated rings. The Hall–Kier alpha value is -2.15. The van der Waals surface area contributed by atoms with Crippen LogP contribution >= 0.6 is 11.6 Å². The van der Waals surface area contributed by atoms with E-state index in [2.05, 4.69) is 5.32 Å². The number of hydrogen-bond donors (Lipinski definition) is 1. The Morgan fingerprint density at radius 1 is 1.33 bits per heavy atom. The topological polar surface area (TPSA) is 92.6 Å². The molecule has 114 valence electrons. The fourth-order valence-electron chi connectivity index (χ4n) is 1.74. The lowest BCUT2D eigenvalue weighted by molar-refractivity contribution is -0.384. The molecule has 0 heterocycles. The number of nitrogens with zero attached hydrogens (tertiary/aromatic N) is 2. The number of carbonyl (C=O) groups excluding carboxylic acids is 2. The second-order valence-corrected chi connectivity index (χ2v) is 4.58. The summed E-state index contributed by atoms with van der Waals surface area (Å²) in [6.45, 7) is 4.66. The Bertz CT molecular complexity index is 558. The molecule has 0 aromatic heterocycles. The van der Waals surface area contributed by atoms with Gasteiger partial charge in [0.15, 0.2) is 0 Å². The molecule has 0 aliphatic heterocycles. The van der Waals surface area contributed by atoms with Crippen LogP contribution in [0.15, 0.2) is 18.2 Å². The van der Waals surface area contributed by atoms with E-state index in [1.54, 1.807) is 4.90 Å². The van der Waals surface area contributed by atoms with Crippen molar-refractivity contribution in [3.8, 4) is 0 Å². The van der Waals surface area contributed by atoms with Crippen LogP contribution in [-0.2, 0) is 4.79 Å². The van der Waals surface area contributed by atoms with Crippen molar-refractivity contribution in [2.45, 2.75) is 13.8 Å². The van der Waals surface area contributed by atoms with Crippen molar-refractivity contribution >= 4 is 29.1 Å². The predicted molar refractivity (Wildman–Crippen MR) is 78.4 cm³/mol. The third-order valence-electron chi connectivity index (χ3n) is 2.92. The largest absolute Gasteiger partial charge is 0.343 e. The lowest BCUT2D eigenvalue weighted by Gasteiger charge is -2.18. The van der Waals surface area contributed by atoms with Gasteiger partial charge in [-0.2, -0.15) is 0 Å². The van der Waals surface area contributed by atoms with E-state index in [0.717, 1.165) is 6.07 Å². The molecular formula is C13H16ClN3O4. The molecule has 8 heteroatoms. The number of non-ortho nitro benzene ring substituents is 1. The standard InChI is InChI=1S/C13H16ClN3O4/c1-3-16(4-2)12(18)8-15-13(19)10-6-5-9(17(20)21)7-11(10)14/h5-7H,3-4,8H2,1-2H3,(H,15,19). The number of nitro benzene ring substituents is 1. The Morgan fingerprint density at radius 3 is 2.43 bits per heavy atom. The second-order valence-electron chi connectivity index (χ2n) is 4.17. The number of rotatable bonds is 6. The Balaban J connectivity index is 2.72. The Labute approximate surface area is 127 Å². The first-order valence-corrected chi connectivity index (χ1v) is 6.78. The highest BCUT2D eigenvalue weighted by Gasteiger charge is 2.16. The lowest BCUT2D eigenvalue weighted by Crippen LogP contribution is -2.40. The van der Waals surface area contributed by atoms with Crippen molar-refractivity contribution in [2.24, 2.45) is 0 Å². The summed E-state index contributed by atoms with van der Waals surface area (Å²) < 4.78 is 0. The van der Waals surface area contributed by atoms with Crippen LogP contribution in [0.4, 0.5) is 5.69 Å². The molecule has 2 amide bonds. The van der Waals surface area contributed by atoms with Gasteiger partial charge < -0.3 is 10.2 Å². The van der Waals surface area contributed by atoms with Gasteiger partial charge in [-0.3, -0.25) is 19.7 Å². The van der Waals surface area contributed by atoms with Crippen molar-refractivity contribution in [3.63, 3.8) is 0 Å². The Kier molecular flexibility index (Phi) is 6.10. The molecule has 0 spiro atoms. The van der Waals surface area contributed by atoms with E-state index in [1.807, 2.05) is 13.8 Å². The summed E-state index contributed by atoms with van der Waals surface area (Å²) in [5.41, 5.74) is -0.106. The van der Waals surface area contributed by atoms with Gasteiger partial charge >= 0.3 is 0 Å². The molecule has 0 radical (unpaired) electrons. The van der Waals surface area contributed by atoms with E-state index >= 15 is 0 Å².